The van der Waals surface area contributed by atoms with Crippen LogP contribution in [0.5, 0.6) is 11.5 Å². The Morgan fingerprint density at radius 2 is 1.75 bits per heavy atom. The van der Waals surface area contributed by atoms with Crippen molar-refractivity contribution in [3.05, 3.63) is 53.6 Å². The Labute approximate surface area is 163 Å². The predicted molar refractivity (Wildman–Crippen MR) is 101 cm³/mol. The normalized spacial score (nSPS) is 12.1. The molecular weight excluding hydrogens is 386 g/mol. The number of methoxy groups -OCH3 is 1. The number of ether oxygens (including phenoxy) is 3. The van der Waals surface area contributed by atoms with Crippen molar-refractivity contribution in [2.45, 2.75) is 24.8 Å². The molecule has 150 valence electrons. The Bertz CT molecular complexity index is 968. The monoisotopic (exact) mass is 407 g/mol. The second kappa shape index (κ2) is 8.85. The van der Waals surface area contributed by atoms with E-state index in [1.54, 1.807) is 24.3 Å². The number of carbonyl (C=O) groups is 2. The maximum Gasteiger partial charge on any atom is 0.342 e. The van der Waals surface area contributed by atoms with Gasteiger partial charge < -0.3 is 14.2 Å². The SMILES string of the molecule is CCOc1ccc(C(=O)[C@@H](C)OC(=O)c2cc(S(N)(=O)=O)ccc2OC)cc1. The van der Waals surface area contributed by atoms with E-state index in [1.165, 1.54) is 26.2 Å². The maximum absolute atomic E-state index is 12.5. The van der Waals surface area contributed by atoms with Gasteiger partial charge in [0.25, 0.3) is 0 Å². The molecule has 0 saturated heterocycles. The highest BCUT2D eigenvalue weighted by molar-refractivity contribution is 7.89. The Morgan fingerprint density at radius 3 is 2.29 bits per heavy atom. The van der Waals surface area contributed by atoms with Crippen LogP contribution in [-0.4, -0.2) is 40.0 Å². The van der Waals surface area contributed by atoms with E-state index < -0.39 is 27.9 Å². The van der Waals surface area contributed by atoms with Crippen molar-refractivity contribution in [3.63, 3.8) is 0 Å². The lowest BCUT2D eigenvalue weighted by Gasteiger charge is -2.15. The lowest BCUT2D eigenvalue weighted by Crippen LogP contribution is -2.25. The molecule has 8 nitrogen and oxygen atoms in total. The average Bonchev–Trinajstić information content (AvgIpc) is 2.66. The summed E-state index contributed by atoms with van der Waals surface area (Å²) in [7, 11) is -2.71. The Hall–Kier alpha value is -2.91. The fraction of sp³-hybridized carbons (Fsp3) is 0.263. The number of benzene rings is 2. The molecule has 1 atom stereocenters. The van der Waals surface area contributed by atoms with E-state index in [2.05, 4.69) is 0 Å². The van der Waals surface area contributed by atoms with Crippen LogP contribution in [0.25, 0.3) is 0 Å². The molecule has 0 amide bonds. The minimum atomic E-state index is -4.02. The van der Waals surface area contributed by atoms with E-state index in [9.17, 15) is 18.0 Å². The number of carbonyl (C=O) groups excluding carboxylic acids is 2. The number of hydrogen-bond donors (Lipinski definition) is 1. The van der Waals surface area contributed by atoms with E-state index in [1.807, 2.05) is 6.92 Å². The molecule has 0 fully saturated rings. The van der Waals surface area contributed by atoms with Crippen molar-refractivity contribution in [1.82, 2.24) is 0 Å². The molecule has 28 heavy (non-hydrogen) atoms. The molecule has 2 aromatic carbocycles. The highest BCUT2D eigenvalue weighted by Crippen LogP contribution is 2.24. The summed E-state index contributed by atoms with van der Waals surface area (Å²) in [6, 6.07) is 9.97. The minimum Gasteiger partial charge on any atom is -0.496 e. The topological polar surface area (TPSA) is 122 Å². The highest BCUT2D eigenvalue weighted by Gasteiger charge is 2.24. The van der Waals surface area contributed by atoms with Crippen molar-refractivity contribution in [2.24, 2.45) is 5.14 Å². The summed E-state index contributed by atoms with van der Waals surface area (Å²) >= 11 is 0. The fourth-order valence-corrected chi connectivity index (χ4v) is 2.96. The molecule has 0 aliphatic rings. The van der Waals surface area contributed by atoms with Crippen LogP contribution in [-0.2, 0) is 14.8 Å². The van der Waals surface area contributed by atoms with Gasteiger partial charge in [0, 0.05) is 5.56 Å². The lowest BCUT2D eigenvalue weighted by molar-refractivity contribution is 0.0315. The average molecular weight is 407 g/mol. The van der Waals surface area contributed by atoms with Gasteiger partial charge in [-0.3, -0.25) is 4.79 Å². The van der Waals surface area contributed by atoms with Gasteiger partial charge in [0.2, 0.25) is 15.8 Å². The predicted octanol–water partition coefficient (Wildman–Crippen LogP) is 2.17. The lowest BCUT2D eigenvalue weighted by atomic mass is 10.1. The van der Waals surface area contributed by atoms with Crippen LogP contribution in [0.1, 0.15) is 34.6 Å². The van der Waals surface area contributed by atoms with Crippen LogP contribution >= 0.6 is 0 Å². The summed E-state index contributed by atoms with van der Waals surface area (Å²) in [6.45, 7) is 3.77. The summed E-state index contributed by atoms with van der Waals surface area (Å²) < 4.78 is 38.6. The summed E-state index contributed by atoms with van der Waals surface area (Å²) in [6.07, 6.45) is -1.10. The van der Waals surface area contributed by atoms with Gasteiger partial charge in [-0.1, -0.05) is 0 Å². The zero-order chi connectivity index (χ0) is 20.9. The molecule has 0 aliphatic carbocycles. The zero-order valence-corrected chi connectivity index (χ0v) is 16.5. The van der Waals surface area contributed by atoms with E-state index in [0.29, 0.717) is 17.9 Å². The van der Waals surface area contributed by atoms with Crippen molar-refractivity contribution >= 4 is 21.8 Å². The number of esters is 1. The number of nitrogens with two attached hydrogens (primary N) is 1. The van der Waals surface area contributed by atoms with Crippen molar-refractivity contribution in [1.29, 1.82) is 0 Å². The number of rotatable bonds is 8. The van der Waals surface area contributed by atoms with Crippen LogP contribution in [0.3, 0.4) is 0 Å². The fourth-order valence-electron chi connectivity index (χ4n) is 2.42. The van der Waals surface area contributed by atoms with Crippen LogP contribution < -0.4 is 14.6 Å². The van der Waals surface area contributed by atoms with Crippen LogP contribution in [0.4, 0.5) is 0 Å². The van der Waals surface area contributed by atoms with Gasteiger partial charge in [-0.05, 0) is 56.3 Å². The Kier molecular flexibility index (Phi) is 6.76. The van der Waals surface area contributed by atoms with Crippen LogP contribution in [0.15, 0.2) is 47.4 Å². The largest absolute Gasteiger partial charge is 0.496 e. The molecule has 9 heteroatoms. The van der Waals surface area contributed by atoms with Gasteiger partial charge in [0.1, 0.15) is 17.1 Å². The standard InChI is InChI=1S/C19H21NO7S/c1-4-26-14-7-5-13(6-8-14)18(21)12(2)27-19(22)16-11-15(28(20,23)24)9-10-17(16)25-3/h5-12H,4H2,1-3H3,(H2,20,23,24)/t12-/m1/s1. The first-order valence-electron chi connectivity index (χ1n) is 8.36. The number of primary sulfonamides is 1. The van der Waals surface area contributed by atoms with Gasteiger partial charge in [-0.15, -0.1) is 0 Å². The molecule has 0 unspecified atom stereocenters. The number of Topliss-reactive ketones (excluding diaryl/α,β-unsaturated/α-hetero) is 1. The van der Waals surface area contributed by atoms with Crippen molar-refractivity contribution in [3.8, 4) is 11.5 Å². The molecule has 0 aliphatic heterocycles. The Balaban J connectivity index is 2.20. The van der Waals surface area contributed by atoms with Gasteiger partial charge in [0.05, 0.1) is 18.6 Å². The first kappa shape index (κ1) is 21.4. The van der Waals surface area contributed by atoms with E-state index in [0.717, 1.165) is 6.07 Å². The minimum absolute atomic E-state index is 0.0955. The third kappa shape index (κ3) is 5.08. The van der Waals surface area contributed by atoms with Gasteiger partial charge in [-0.2, -0.15) is 0 Å². The first-order chi connectivity index (χ1) is 13.2. The Morgan fingerprint density at radius 1 is 1.11 bits per heavy atom. The smallest absolute Gasteiger partial charge is 0.342 e. The molecule has 0 saturated carbocycles. The number of ketones is 1. The van der Waals surface area contributed by atoms with E-state index >= 15 is 0 Å². The number of sulfonamides is 1. The summed E-state index contributed by atoms with van der Waals surface area (Å²) in [4.78, 5) is 24.7. The summed E-state index contributed by atoms with van der Waals surface area (Å²) in [5.41, 5.74) is 0.189. The molecule has 2 aromatic rings. The summed E-state index contributed by atoms with van der Waals surface area (Å²) in [5.74, 6) is -0.613. The molecule has 0 radical (unpaired) electrons. The van der Waals surface area contributed by atoms with Crippen LogP contribution in [0, 0.1) is 0 Å². The molecule has 2 rings (SSSR count). The van der Waals surface area contributed by atoms with Crippen LogP contribution in [0.2, 0.25) is 0 Å². The first-order valence-corrected chi connectivity index (χ1v) is 9.91. The van der Waals surface area contributed by atoms with Crippen molar-refractivity contribution in [2.75, 3.05) is 13.7 Å². The molecule has 2 N–H and O–H groups in total. The van der Waals surface area contributed by atoms with Gasteiger partial charge >= 0.3 is 5.97 Å². The van der Waals surface area contributed by atoms with Crippen molar-refractivity contribution < 1.29 is 32.2 Å². The molecule has 0 bridgehead atoms. The molecule has 0 heterocycles. The molecule has 0 aromatic heterocycles. The van der Waals surface area contributed by atoms with Gasteiger partial charge in [-0.25, -0.2) is 18.4 Å². The summed E-state index contributed by atoms with van der Waals surface area (Å²) in [5, 5.41) is 5.09. The quantitative estimate of drug-likeness (QED) is 0.525. The maximum atomic E-state index is 12.5. The van der Waals surface area contributed by atoms with E-state index in [4.69, 9.17) is 19.3 Å². The molecular formula is C19H21NO7S. The second-order valence-electron chi connectivity index (χ2n) is 5.78. The highest BCUT2D eigenvalue weighted by atomic mass is 32.2. The van der Waals surface area contributed by atoms with Gasteiger partial charge in [0.15, 0.2) is 6.10 Å². The zero-order valence-electron chi connectivity index (χ0n) is 15.7. The van der Waals surface area contributed by atoms with E-state index in [-0.39, 0.29) is 16.2 Å². The number of hydrogen-bond acceptors (Lipinski definition) is 7. The third-order valence-corrected chi connectivity index (χ3v) is 4.73. The second-order valence-corrected chi connectivity index (χ2v) is 7.34. The molecule has 0 spiro atoms. The third-order valence-electron chi connectivity index (χ3n) is 3.82.